The predicted octanol–water partition coefficient (Wildman–Crippen LogP) is 1.46. The number of amides is 2. The van der Waals surface area contributed by atoms with Gasteiger partial charge in [-0.25, -0.2) is 0 Å². The largest absolute Gasteiger partial charge is 0.316 e. The number of hydrogen-bond acceptors (Lipinski definition) is 7. The molecule has 0 radical (unpaired) electrons. The van der Waals surface area contributed by atoms with Gasteiger partial charge >= 0.3 is 0 Å². The third kappa shape index (κ3) is 4.20. The Kier molecular flexibility index (Phi) is 5.15. The summed E-state index contributed by atoms with van der Waals surface area (Å²) in [7, 11) is 0. The predicted molar refractivity (Wildman–Crippen MR) is 85.6 cm³/mol. The normalized spacial score (nSPS) is 11.4. The van der Waals surface area contributed by atoms with Crippen LogP contribution in [0.15, 0.2) is 48.5 Å². The van der Waals surface area contributed by atoms with Crippen molar-refractivity contribution in [1.82, 2.24) is 5.32 Å². The van der Waals surface area contributed by atoms with Gasteiger partial charge in [-0.15, -0.1) is 0 Å². The van der Waals surface area contributed by atoms with Crippen LogP contribution in [0.1, 0.15) is 22.0 Å². The molecule has 0 spiro atoms. The van der Waals surface area contributed by atoms with E-state index in [1.54, 1.807) is 30.3 Å². The molecule has 2 aromatic rings. The number of nitrogens with two attached hydrogens (primary N) is 1. The third-order valence-electron chi connectivity index (χ3n) is 3.26. The Morgan fingerprint density at radius 1 is 0.960 bits per heavy atom. The zero-order chi connectivity index (χ0) is 18.6. The van der Waals surface area contributed by atoms with Gasteiger partial charge in [0, 0.05) is 12.1 Å². The van der Waals surface area contributed by atoms with Crippen molar-refractivity contribution in [2.45, 2.75) is 6.04 Å². The lowest BCUT2D eigenvalue weighted by Crippen LogP contribution is -2.38. The second-order valence-electron chi connectivity index (χ2n) is 4.96. The molecule has 2 aromatic carbocycles. The molecule has 0 saturated heterocycles. The molecule has 0 fully saturated rings. The van der Waals surface area contributed by atoms with Gasteiger partial charge in [-0.3, -0.25) is 35.1 Å². The highest BCUT2D eigenvalue weighted by atomic mass is 16.6. The van der Waals surface area contributed by atoms with E-state index in [0.717, 1.165) is 12.1 Å². The highest BCUT2D eigenvalue weighted by Gasteiger charge is 2.23. The summed E-state index contributed by atoms with van der Waals surface area (Å²) in [6.45, 7) is 0. The number of nitro benzene ring substituents is 2. The number of carbonyl (C=O) groups is 2. The summed E-state index contributed by atoms with van der Waals surface area (Å²) in [5.74, 6) is -1.87. The Balaban J connectivity index is 2.24. The molecule has 10 nitrogen and oxygen atoms in total. The number of imide groups is 1. The van der Waals surface area contributed by atoms with E-state index in [9.17, 15) is 29.8 Å². The summed E-state index contributed by atoms with van der Waals surface area (Å²) in [6.07, 6.45) is 0. The quantitative estimate of drug-likeness (QED) is 0.613. The molecule has 0 heterocycles. The van der Waals surface area contributed by atoms with Crippen molar-refractivity contribution in [2.24, 2.45) is 5.73 Å². The zero-order valence-electron chi connectivity index (χ0n) is 12.6. The fourth-order valence-electron chi connectivity index (χ4n) is 2.01. The van der Waals surface area contributed by atoms with Gasteiger partial charge in [0.1, 0.15) is 6.04 Å². The van der Waals surface area contributed by atoms with Crippen LogP contribution in [0.3, 0.4) is 0 Å². The summed E-state index contributed by atoms with van der Waals surface area (Å²) in [6, 6.07) is 9.48. The van der Waals surface area contributed by atoms with Crippen molar-refractivity contribution in [1.29, 1.82) is 0 Å². The van der Waals surface area contributed by atoms with Crippen LogP contribution in [0.5, 0.6) is 0 Å². The maximum atomic E-state index is 12.1. The lowest BCUT2D eigenvalue weighted by molar-refractivity contribution is -0.394. The topological polar surface area (TPSA) is 158 Å². The highest BCUT2D eigenvalue weighted by Crippen LogP contribution is 2.22. The van der Waals surface area contributed by atoms with Crippen LogP contribution in [-0.2, 0) is 4.79 Å². The molecule has 1 atom stereocenters. The van der Waals surface area contributed by atoms with Crippen LogP contribution in [0.2, 0.25) is 0 Å². The van der Waals surface area contributed by atoms with Crippen molar-refractivity contribution in [3.05, 3.63) is 79.9 Å². The number of non-ortho nitro benzene ring substituents is 2. The average Bonchev–Trinajstić information content (AvgIpc) is 2.61. The molecule has 0 bridgehead atoms. The van der Waals surface area contributed by atoms with Crippen molar-refractivity contribution < 1.29 is 19.4 Å². The molecule has 1 unspecified atom stereocenters. The second-order valence-corrected chi connectivity index (χ2v) is 4.96. The van der Waals surface area contributed by atoms with Gasteiger partial charge < -0.3 is 5.73 Å². The molecule has 128 valence electrons. The van der Waals surface area contributed by atoms with Gasteiger partial charge in [0.25, 0.3) is 17.3 Å². The summed E-state index contributed by atoms with van der Waals surface area (Å²) in [5.41, 5.74) is 4.52. The number of rotatable bonds is 5. The minimum absolute atomic E-state index is 0.394. The summed E-state index contributed by atoms with van der Waals surface area (Å²) >= 11 is 0. The van der Waals surface area contributed by atoms with E-state index >= 15 is 0 Å². The summed E-state index contributed by atoms with van der Waals surface area (Å²) in [5, 5.41) is 23.6. The fraction of sp³-hybridized carbons (Fsp3) is 0.0667. The standard InChI is InChI=1S/C15H12N4O6/c16-13(9-4-2-1-3-5-9)15(21)17-14(20)10-6-11(18(22)23)8-12(7-10)19(24)25/h1-8,13H,16H2,(H,17,20,21). The Labute approximate surface area is 140 Å². The summed E-state index contributed by atoms with van der Waals surface area (Å²) < 4.78 is 0. The SMILES string of the molecule is NC(C(=O)NC(=O)c1cc([N+](=O)[O-])cc([N+](=O)[O-])c1)c1ccccc1. The average molecular weight is 344 g/mol. The second kappa shape index (κ2) is 7.27. The van der Waals surface area contributed by atoms with Crippen molar-refractivity contribution in [3.63, 3.8) is 0 Å². The minimum Gasteiger partial charge on any atom is -0.316 e. The lowest BCUT2D eigenvalue weighted by atomic mass is 10.1. The molecular weight excluding hydrogens is 332 g/mol. The molecule has 3 N–H and O–H groups in total. The van der Waals surface area contributed by atoms with Crippen LogP contribution in [0, 0.1) is 20.2 Å². The number of hydrogen-bond donors (Lipinski definition) is 2. The maximum Gasteiger partial charge on any atom is 0.277 e. The van der Waals surface area contributed by atoms with Gasteiger partial charge in [-0.05, 0) is 5.56 Å². The Morgan fingerprint density at radius 3 is 1.96 bits per heavy atom. The monoisotopic (exact) mass is 344 g/mol. The fourth-order valence-corrected chi connectivity index (χ4v) is 2.01. The van der Waals surface area contributed by atoms with Crippen LogP contribution >= 0.6 is 0 Å². The molecule has 0 aliphatic rings. The van der Waals surface area contributed by atoms with E-state index in [1.807, 2.05) is 5.32 Å². The van der Waals surface area contributed by atoms with Crippen LogP contribution in [0.25, 0.3) is 0 Å². The van der Waals surface area contributed by atoms with Gasteiger partial charge in [0.2, 0.25) is 5.91 Å². The van der Waals surface area contributed by atoms with E-state index in [1.165, 1.54) is 0 Å². The molecule has 25 heavy (non-hydrogen) atoms. The molecule has 2 rings (SSSR count). The van der Waals surface area contributed by atoms with Gasteiger partial charge in [-0.1, -0.05) is 30.3 Å². The lowest BCUT2D eigenvalue weighted by Gasteiger charge is -2.11. The first-order valence-electron chi connectivity index (χ1n) is 6.89. The Hall–Kier alpha value is -3.66. The number of nitrogens with zero attached hydrogens (tertiary/aromatic N) is 2. The van der Waals surface area contributed by atoms with Crippen LogP contribution < -0.4 is 11.1 Å². The molecular formula is C15H12N4O6. The van der Waals surface area contributed by atoms with Gasteiger partial charge in [0.05, 0.1) is 21.5 Å². The molecule has 0 saturated carbocycles. The molecule has 0 aliphatic heterocycles. The minimum atomic E-state index is -1.14. The molecule has 10 heteroatoms. The maximum absolute atomic E-state index is 12.1. The zero-order valence-corrected chi connectivity index (χ0v) is 12.6. The number of nitro groups is 2. The number of benzene rings is 2. The molecule has 0 aromatic heterocycles. The van der Waals surface area contributed by atoms with E-state index in [0.29, 0.717) is 11.6 Å². The Morgan fingerprint density at radius 2 is 1.48 bits per heavy atom. The number of nitrogens with one attached hydrogen (secondary N) is 1. The van der Waals surface area contributed by atoms with Gasteiger partial charge in [0.15, 0.2) is 0 Å². The van der Waals surface area contributed by atoms with E-state index in [-0.39, 0.29) is 0 Å². The highest BCUT2D eigenvalue weighted by molar-refractivity contribution is 6.06. The van der Waals surface area contributed by atoms with E-state index < -0.39 is 44.6 Å². The first-order chi connectivity index (χ1) is 11.8. The smallest absolute Gasteiger partial charge is 0.277 e. The van der Waals surface area contributed by atoms with Gasteiger partial charge in [-0.2, -0.15) is 0 Å². The first-order valence-corrected chi connectivity index (χ1v) is 6.89. The molecule has 2 amide bonds. The first kappa shape index (κ1) is 17.7. The Bertz CT molecular complexity index is 820. The van der Waals surface area contributed by atoms with Crippen molar-refractivity contribution in [3.8, 4) is 0 Å². The van der Waals surface area contributed by atoms with E-state index in [4.69, 9.17) is 5.73 Å². The van der Waals surface area contributed by atoms with Crippen LogP contribution in [-0.4, -0.2) is 21.7 Å². The summed E-state index contributed by atoms with van der Waals surface area (Å²) in [4.78, 5) is 44.1. The van der Waals surface area contributed by atoms with E-state index in [2.05, 4.69) is 0 Å². The number of carbonyl (C=O) groups excluding carboxylic acids is 2. The third-order valence-corrected chi connectivity index (χ3v) is 3.26. The van der Waals surface area contributed by atoms with Crippen LogP contribution in [0.4, 0.5) is 11.4 Å². The van der Waals surface area contributed by atoms with Crippen molar-refractivity contribution >= 4 is 23.2 Å². The molecule has 0 aliphatic carbocycles. The van der Waals surface area contributed by atoms with Crippen molar-refractivity contribution in [2.75, 3.05) is 0 Å².